The fourth-order valence-corrected chi connectivity index (χ4v) is 3.71. The highest BCUT2D eigenvalue weighted by Gasteiger charge is 2.26. The number of anilines is 2. The van der Waals surface area contributed by atoms with Crippen molar-refractivity contribution < 1.29 is 9.59 Å². The quantitative estimate of drug-likeness (QED) is 0.666. The van der Waals surface area contributed by atoms with E-state index in [0.29, 0.717) is 24.2 Å². The molecule has 0 radical (unpaired) electrons. The van der Waals surface area contributed by atoms with E-state index in [9.17, 15) is 9.59 Å². The van der Waals surface area contributed by atoms with E-state index in [2.05, 4.69) is 10.6 Å². The van der Waals surface area contributed by atoms with E-state index in [0.717, 1.165) is 24.2 Å². The second-order valence-electron chi connectivity index (χ2n) is 7.44. The summed E-state index contributed by atoms with van der Waals surface area (Å²) in [5.74, 6) is -0.0420. The zero-order valence-electron chi connectivity index (χ0n) is 16.8. The van der Waals surface area contributed by atoms with Crippen LogP contribution >= 0.6 is 0 Å². The van der Waals surface area contributed by atoms with Gasteiger partial charge in [-0.15, -0.1) is 0 Å². The normalized spacial score (nSPS) is 14.2. The van der Waals surface area contributed by atoms with Gasteiger partial charge in [-0.25, -0.2) is 0 Å². The van der Waals surface area contributed by atoms with Gasteiger partial charge in [0.1, 0.15) is 0 Å². The third kappa shape index (κ3) is 4.69. The molecule has 30 heavy (non-hydrogen) atoms. The lowest BCUT2D eigenvalue weighted by Crippen LogP contribution is -2.46. The van der Waals surface area contributed by atoms with Gasteiger partial charge in [0.25, 0.3) is 11.8 Å². The van der Waals surface area contributed by atoms with E-state index in [-0.39, 0.29) is 17.9 Å². The lowest BCUT2D eigenvalue weighted by molar-refractivity contribution is 0.0699. The lowest BCUT2D eigenvalue weighted by atomic mass is 10.0. The molecular formula is C25H25N3O2. The summed E-state index contributed by atoms with van der Waals surface area (Å²) in [5, 5.41) is 6.43. The highest BCUT2D eigenvalue weighted by atomic mass is 16.2. The second-order valence-corrected chi connectivity index (χ2v) is 7.44. The molecule has 0 bridgehead atoms. The summed E-state index contributed by atoms with van der Waals surface area (Å²) in [5.41, 5.74) is 3.07. The number of hydrogen-bond acceptors (Lipinski definition) is 3. The van der Waals surface area contributed by atoms with Crippen molar-refractivity contribution in [3.63, 3.8) is 0 Å². The Kier molecular flexibility index (Phi) is 6.09. The summed E-state index contributed by atoms with van der Waals surface area (Å²) in [4.78, 5) is 27.4. The zero-order chi connectivity index (χ0) is 20.8. The summed E-state index contributed by atoms with van der Waals surface area (Å²) in [6, 6.07) is 26.7. The predicted octanol–water partition coefficient (Wildman–Crippen LogP) is 4.46. The molecular weight excluding hydrogens is 374 g/mol. The molecule has 0 unspecified atom stereocenters. The molecule has 2 N–H and O–H groups in total. The van der Waals surface area contributed by atoms with Crippen LogP contribution in [0.3, 0.4) is 0 Å². The number of nitrogens with zero attached hydrogens (tertiary/aromatic N) is 1. The highest BCUT2D eigenvalue weighted by Crippen LogP contribution is 2.23. The van der Waals surface area contributed by atoms with Crippen molar-refractivity contribution in [2.24, 2.45) is 0 Å². The van der Waals surface area contributed by atoms with Crippen molar-refractivity contribution in [2.75, 3.05) is 18.4 Å². The maximum Gasteiger partial charge on any atom is 0.255 e. The van der Waals surface area contributed by atoms with Crippen molar-refractivity contribution in [1.29, 1.82) is 0 Å². The van der Waals surface area contributed by atoms with Crippen molar-refractivity contribution in [3.05, 3.63) is 96.1 Å². The smallest absolute Gasteiger partial charge is 0.255 e. The average molecular weight is 399 g/mol. The molecule has 3 aromatic rings. The first-order valence-electron chi connectivity index (χ1n) is 10.3. The van der Waals surface area contributed by atoms with Crippen LogP contribution in [-0.2, 0) is 0 Å². The Bertz CT molecular complexity index is 997. The summed E-state index contributed by atoms with van der Waals surface area (Å²) in [6.45, 7) is 1.25. The standard InChI is InChI=1S/C25H25N3O2/c29-24(19-9-3-1-4-10-19)27-21-15-17-28(18-16-21)25(30)22-13-7-8-14-23(22)26-20-11-5-2-6-12-20/h1-14,21,26H,15-18H2,(H,27,29). The maximum absolute atomic E-state index is 13.2. The number of carbonyl (C=O) groups excluding carboxylic acids is 2. The zero-order valence-corrected chi connectivity index (χ0v) is 16.8. The molecule has 5 heteroatoms. The molecule has 1 saturated heterocycles. The number of rotatable bonds is 5. The number of para-hydroxylation sites is 2. The van der Waals surface area contributed by atoms with Crippen LogP contribution in [0.1, 0.15) is 33.6 Å². The number of hydrogen-bond donors (Lipinski definition) is 2. The molecule has 1 fully saturated rings. The van der Waals surface area contributed by atoms with Crippen molar-refractivity contribution >= 4 is 23.2 Å². The van der Waals surface area contributed by atoms with Gasteiger partial charge in [-0.05, 0) is 49.2 Å². The van der Waals surface area contributed by atoms with Gasteiger partial charge < -0.3 is 15.5 Å². The summed E-state index contributed by atoms with van der Waals surface area (Å²) < 4.78 is 0. The molecule has 1 aliphatic heterocycles. The van der Waals surface area contributed by atoms with Gasteiger partial charge in [-0.2, -0.15) is 0 Å². The van der Waals surface area contributed by atoms with Gasteiger partial charge >= 0.3 is 0 Å². The fraction of sp³-hybridized carbons (Fsp3) is 0.200. The minimum Gasteiger partial charge on any atom is -0.355 e. The molecule has 3 aromatic carbocycles. The molecule has 152 valence electrons. The molecule has 1 aliphatic rings. The van der Waals surface area contributed by atoms with Crippen LogP contribution in [0.15, 0.2) is 84.9 Å². The van der Waals surface area contributed by atoms with E-state index in [1.165, 1.54) is 0 Å². The topological polar surface area (TPSA) is 61.4 Å². The summed E-state index contributed by atoms with van der Waals surface area (Å²) in [7, 11) is 0. The van der Waals surface area contributed by atoms with E-state index in [1.54, 1.807) is 0 Å². The Balaban J connectivity index is 1.37. The SMILES string of the molecule is O=C(NC1CCN(C(=O)c2ccccc2Nc2ccccc2)CC1)c1ccccc1. The third-order valence-corrected chi connectivity index (χ3v) is 5.36. The van der Waals surface area contributed by atoms with Crippen LogP contribution in [0, 0.1) is 0 Å². The third-order valence-electron chi connectivity index (χ3n) is 5.36. The molecule has 4 rings (SSSR count). The van der Waals surface area contributed by atoms with E-state index < -0.39 is 0 Å². The van der Waals surface area contributed by atoms with Crippen molar-refractivity contribution in [3.8, 4) is 0 Å². The Morgan fingerprint density at radius 2 is 1.37 bits per heavy atom. The first kappa shape index (κ1) is 19.7. The molecule has 1 heterocycles. The van der Waals surface area contributed by atoms with Crippen LogP contribution in [0.5, 0.6) is 0 Å². The van der Waals surface area contributed by atoms with Crippen LogP contribution in [0.25, 0.3) is 0 Å². The Hall–Kier alpha value is -3.60. The minimum atomic E-state index is -0.0576. The summed E-state index contributed by atoms with van der Waals surface area (Å²) in [6.07, 6.45) is 1.50. The van der Waals surface area contributed by atoms with Gasteiger partial charge in [0.15, 0.2) is 0 Å². The van der Waals surface area contributed by atoms with Gasteiger partial charge in [0, 0.05) is 30.4 Å². The van der Waals surface area contributed by atoms with Crippen LogP contribution in [0.4, 0.5) is 11.4 Å². The molecule has 0 aliphatic carbocycles. The Labute approximate surface area is 176 Å². The van der Waals surface area contributed by atoms with Crippen LogP contribution < -0.4 is 10.6 Å². The first-order valence-corrected chi connectivity index (χ1v) is 10.3. The number of likely N-dealkylation sites (tertiary alicyclic amines) is 1. The Morgan fingerprint density at radius 1 is 0.767 bits per heavy atom. The maximum atomic E-state index is 13.2. The van der Waals surface area contributed by atoms with Gasteiger partial charge in [-0.3, -0.25) is 9.59 Å². The number of carbonyl (C=O) groups is 2. The lowest BCUT2D eigenvalue weighted by Gasteiger charge is -2.33. The first-order chi connectivity index (χ1) is 14.7. The van der Waals surface area contributed by atoms with Gasteiger partial charge in [0.05, 0.1) is 11.3 Å². The largest absolute Gasteiger partial charge is 0.355 e. The summed E-state index contributed by atoms with van der Waals surface area (Å²) >= 11 is 0. The van der Waals surface area contributed by atoms with Crippen molar-refractivity contribution in [1.82, 2.24) is 10.2 Å². The molecule has 0 atom stereocenters. The fourth-order valence-electron chi connectivity index (χ4n) is 3.71. The second kappa shape index (κ2) is 9.27. The van der Waals surface area contributed by atoms with E-state index in [4.69, 9.17) is 0 Å². The van der Waals surface area contributed by atoms with E-state index >= 15 is 0 Å². The minimum absolute atomic E-state index is 0.0156. The molecule has 5 nitrogen and oxygen atoms in total. The van der Waals surface area contributed by atoms with Crippen LogP contribution in [-0.4, -0.2) is 35.8 Å². The predicted molar refractivity (Wildman–Crippen MR) is 119 cm³/mol. The van der Waals surface area contributed by atoms with Crippen LogP contribution in [0.2, 0.25) is 0 Å². The molecule has 2 amide bonds. The average Bonchev–Trinajstić information content (AvgIpc) is 2.81. The molecule has 0 saturated carbocycles. The number of piperidine rings is 1. The number of benzene rings is 3. The van der Waals surface area contributed by atoms with Gasteiger partial charge in [-0.1, -0.05) is 48.5 Å². The monoisotopic (exact) mass is 399 g/mol. The van der Waals surface area contributed by atoms with E-state index in [1.807, 2.05) is 89.8 Å². The molecule has 0 spiro atoms. The van der Waals surface area contributed by atoms with Gasteiger partial charge in [0.2, 0.25) is 0 Å². The molecule has 0 aromatic heterocycles. The number of amides is 2. The highest BCUT2D eigenvalue weighted by molar-refractivity contribution is 6.00. The number of nitrogens with one attached hydrogen (secondary N) is 2. The Morgan fingerprint density at radius 3 is 2.07 bits per heavy atom. The van der Waals surface area contributed by atoms with Crippen molar-refractivity contribution in [2.45, 2.75) is 18.9 Å².